The highest BCUT2D eigenvalue weighted by Crippen LogP contribution is 2.40. The van der Waals surface area contributed by atoms with Crippen LogP contribution in [0.4, 0.5) is 0 Å². The highest BCUT2D eigenvalue weighted by molar-refractivity contribution is 6.25. The van der Waals surface area contributed by atoms with Gasteiger partial charge >= 0.3 is 0 Å². The third-order valence-corrected chi connectivity index (χ3v) is 8.56. The first-order chi connectivity index (χ1) is 20.3. The van der Waals surface area contributed by atoms with E-state index < -0.39 is 0 Å². The lowest BCUT2D eigenvalue weighted by Crippen LogP contribution is -1.98. The lowest BCUT2D eigenvalue weighted by atomic mass is 9.90. The number of para-hydroxylation sites is 2. The number of nitrogens with zero attached hydrogens (tertiary/aromatic N) is 2. The first kappa shape index (κ1) is 22.4. The number of aromatic nitrogens is 2. The van der Waals surface area contributed by atoms with Crippen molar-refractivity contribution >= 4 is 54.1 Å². The zero-order valence-corrected chi connectivity index (χ0v) is 22.3. The van der Waals surface area contributed by atoms with E-state index >= 15 is 0 Å². The summed E-state index contributed by atoms with van der Waals surface area (Å²) in [6, 6.07) is 52.5. The molecule has 0 N–H and O–H groups in total. The summed E-state index contributed by atoms with van der Waals surface area (Å²) in [6.07, 6.45) is 0. The highest BCUT2D eigenvalue weighted by Gasteiger charge is 2.17. The van der Waals surface area contributed by atoms with E-state index in [1.54, 1.807) is 0 Å². The number of imidazole rings is 1. The fourth-order valence-electron chi connectivity index (χ4n) is 6.67. The van der Waals surface area contributed by atoms with Crippen LogP contribution in [0.3, 0.4) is 0 Å². The molecule has 2 heteroatoms. The van der Waals surface area contributed by atoms with Crippen molar-refractivity contribution in [3.63, 3.8) is 0 Å². The van der Waals surface area contributed by atoms with Gasteiger partial charge in [-0.3, -0.25) is 4.57 Å². The van der Waals surface area contributed by atoms with Crippen LogP contribution in [-0.4, -0.2) is 9.55 Å². The van der Waals surface area contributed by atoms with E-state index in [9.17, 15) is 0 Å². The largest absolute Gasteiger partial charge is 0.292 e. The molecule has 0 saturated carbocycles. The van der Waals surface area contributed by atoms with Crippen molar-refractivity contribution in [1.29, 1.82) is 0 Å². The number of benzene rings is 8. The molecule has 0 unspecified atom stereocenters. The van der Waals surface area contributed by atoms with E-state index in [-0.39, 0.29) is 0 Å². The van der Waals surface area contributed by atoms with E-state index in [1.165, 1.54) is 54.2 Å². The first-order valence-corrected chi connectivity index (χ1v) is 14.1. The Kier molecular flexibility index (Phi) is 4.64. The van der Waals surface area contributed by atoms with Crippen LogP contribution < -0.4 is 0 Å². The summed E-state index contributed by atoms with van der Waals surface area (Å²) in [5, 5.41) is 10.3. The molecular weight excluding hydrogens is 496 g/mol. The minimum absolute atomic E-state index is 0.957. The van der Waals surface area contributed by atoms with Crippen molar-refractivity contribution in [2.75, 3.05) is 0 Å². The predicted octanol–water partition coefficient (Wildman–Crippen LogP) is 10.4. The third kappa shape index (κ3) is 3.28. The monoisotopic (exact) mass is 520 g/mol. The molecule has 0 fully saturated rings. The topological polar surface area (TPSA) is 17.8 Å². The predicted molar refractivity (Wildman–Crippen MR) is 173 cm³/mol. The van der Waals surface area contributed by atoms with Gasteiger partial charge in [-0.2, -0.15) is 0 Å². The van der Waals surface area contributed by atoms with Crippen molar-refractivity contribution in [2.24, 2.45) is 0 Å². The SMILES string of the molecule is c1ccc2c(-c3nc4ccccc4n3-c3ccc(-c4ccc5ccc6cccc7ccc4c5c67)cc3)cccc2c1. The Morgan fingerprint density at radius 2 is 1.07 bits per heavy atom. The van der Waals surface area contributed by atoms with Gasteiger partial charge in [-0.15, -0.1) is 0 Å². The Morgan fingerprint density at radius 1 is 0.415 bits per heavy atom. The van der Waals surface area contributed by atoms with Gasteiger partial charge in [0.25, 0.3) is 0 Å². The minimum Gasteiger partial charge on any atom is -0.292 e. The molecule has 2 nitrogen and oxygen atoms in total. The number of hydrogen-bond acceptors (Lipinski definition) is 1. The van der Waals surface area contributed by atoms with Gasteiger partial charge in [-0.1, -0.05) is 121 Å². The van der Waals surface area contributed by atoms with E-state index in [2.05, 4.69) is 150 Å². The average Bonchev–Trinajstić information content (AvgIpc) is 3.43. The van der Waals surface area contributed by atoms with Crippen LogP contribution in [0.5, 0.6) is 0 Å². The molecule has 9 rings (SSSR count). The maximum absolute atomic E-state index is 5.14. The van der Waals surface area contributed by atoms with Gasteiger partial charge in [-0.25, -0.2) is 4.98 Å². The van der Waals surface area contributed by atoms with Crippen LogP contribution in [0, 0.1) is 0 Å². The molecule has 0 bridgehead atoms. The van der Waals surface area contributed by atoms with E-state index in [0.29, 0.717) is 0 Å². The molecule has 0 aliphatic heterocycles. The lowest BCUT2D eigenvalue weighted by molar-refractivity contribution is 1.11. The second-order valence-electron chi connectivity index (χ2n) is 10.8. The van der Waals surface area contributed by atoms with Gasteiger partial charge < -0.3 is 0 Å². The summed E-state index contributed by atoms with van der Waals surface area (Å²) < 4.78 is 2.30. The molecule has 0 amide bonds. The molecule has 0 spiro atoms. The Labute approximate surface area is 237 Å². The summed E-state index contributed by atoms with van der Waals surface area (Å²) in [5.74, 6) is 0.957. The lowest BCUT2D eigenvalue weighted by Gasteiger charge is -2.15. The van der Waals surface area contributed by atoms with E-state index in [1.807, 2.05) is 0 Å². The molecule has 0 saturated heterocycles. The zero-order chi connectivity index (χ0) is 26.9. The smallest absolute Gasteiger partial charge is 0.146 e. The Balaban J connectivity index is 1.24. The molecule has 1 aromatic heterocycles. The second-order valence-corrected chi connectivity index (χ2v) is 10.8. The van der Waals surface area contributed by atoms with Gasteiger partial charge in [0.2, 0.25) is 0 Å². The van der Waals surface area contributed by atoms with Crippen molar-refractivity contribution in [3.05, 3.63) is 146 Å². The van der Waals surface area contributed by atoms with Gasteiger partial charge in [0.05, 0.1) is 11.0 Å². The number of rotatable bonds is 3. The molecule has 190 valence electrons. The summed E-state index contributed by atoms with van der Waals surface area (Å²) >= 11 is 0. The number of fused-ring (bicyclic) bond motifs is 2. The molecule has 41 heavy (non-hydrogen) atoms. The Bertz CT molecular complexity index is 2390. The molecule has 0 aliphatic rings. The summed E-state index contributed by atoms with van der Waals surface area (Å²) in [6.45, 7) is 0. The van der Waals surface area contributed by atoms with Gasteiger partial charge in [-0.05, 0) is 78.5 Å². The Morgan fingerprint density at radius 3 is 1.95 bits per heavy atom. The van der Waals surface area contributed by atoms with Crippen molar-refractivity contribution in [1.82, 2.24) is 9.55 Å². The first-order valence-electron chi connectivity index (χ1n) is 14.1. The van der Waals surface area contributed by atoms with Crippen molar-refractivity contribution in [2.45, 2.75) is 0 Å². The maximum atomic E-state index is 5.14. The van der Waals surface area contributed by atoms with Gasteiger partial charge in [0.15, 0.2) is 0 Å². The normalized spacial score (nSPS) is 11.9. The van der Waals surface area contributed by atoms with Crippen molar-refractivity contribution < 1.29 is 0 Å². The fourth-order valence-corrected chi connectivity index (χ4v) is 6.67. The maximum Gasteiger partial charge on any atom is 0.146 e. The minimum atomic E-state index is 0.957. The van der Waals surface area contributed by atoms with Crippen LogP contribution in [0.25, 0.3) is 82.3 Å². The molecule has 8 aromatic carbocycles. The van der Waals surface area contributed by atoms with Crippen molar-refractivity contribution in [3.8, 4) is 28.2 Å². The molecular formula is C39H24N2. The average molecular weight is 521 g/mol. The molecule has 1 heterocycles. The van der Waals surface area contributed by atoms with Crippen LogP contribution in [-0.2, 0) is 0 Å². The molecule has 0 radical (unpaired) electrons. The zero-order valence-electron chi connectivity index (χ0n) is 22.3. The van der Waals surface area contributed by atoms with Crippen LogP contribution >= 0.6 is 0 Å². The molecule has 9 aromatic rings. The van der Waals surface area contributed by atoms with Gasteiger partial charge in [0, 0.05) is 11.3 Å². The van der Waals surface area contributed by atoms with E-state index in [0.717, 1.165) is 28.1 Å². The van der Waals surface area contributed by atoms with Gasteiger partial charge in [0.1, 0.15) is 5.82 Å². The standard InChI is InChI=1S/C39H24N2/c1-2-11-31-25(7-1)8-6-12-34(31)39-40-35-13-3-4-14-36(35)41(39)30-21-17-26(18-22-30)32-23-19-29-16-15-27-9-5-10-28-20-24-33(32)38(29)37(27)28/h1-24H. The summed E-state index contributed by atoms with van der Waals surface area (Å²) in [5.41, 5.74) is 6.80. The quantitative estimate of drug-likeness (QED) is 0.212. The fraction of sp³-hybridized carbons (Fsp3) is 0. The summed E-state index contributed by atoms with van der Waals surface area (Å²) in [4.78, 5) is 5.14. The van der Waals surface area contributed by atoms with Crippen LogP contribution in [0.2, 0.25) is 0 Å². The van der Waals surface area contributed by atoms with Crippen LogP contribution in [0.1, 0.15) is 0 Å². The number of hydrogen-bond donors (Lipinski definition) is 0. The third-order valence-electron chi connectivity index (χ3n) is 8.56. The second kappa shape index (κ2) is 8.51. The van der Waals surface area contributed by atoms with E-state index in [4.69, 9.17) is 4.98 Å². The van der Waals surface area contributed by atoms with Crippen LogP contribution in [0.15, 0.2) is 146 Å². The molecule has 0 atom stereocenters. The summed E-state index contributed by atoms with van der Waals surface area (Å²) in [7, 11) is 0. The highest BCUT2D eigenvalue weighted by atomic mass is 15.1. The Hall–Kier alpha value is -5.47. The molecule has 0 aliphatic carbocycles.